The van der Waals surface area contributed by atoms with Crippen LogP contribution in [0.15, 0.2) is 22.8 Å². The van der Waals surface area contributed by atoms with E-state index in [1.807, 2.05) is 6.07 Å². The average molecular weight is 382 g/mol. The summed E-state index contributed by atoms with van der Waals surface area (Å²) >= 11 is 3.35. The van der Waals surface area contributed by atoms with Gasteiger partial charge in [0.1, 0.15) is 0 Å². The zero-order valence-electron chi connectivity index (χ0n) is 12.2. The van der Waals surface area contributed by atoms with E-state index in [9.17, 15) is 9.59 Å². The molecule has 2 aromatic heterocycles. The van der Waals surface area contributed by atoms with Gasteiger partial charge in [0.2, 0.25) is 0 Å². The third-order valence-electron chi connectivity index (χ3n) is 3.94. The number of aliphatic carboxylic acids is 1. The Balaban J connectivity index is 1.55. The molecule has 3 N–H and O–H groups in total. The highest BCUT2D eigenvalue weighted by Crippen LogP contribution is 2.24. The third kappa shape index (κ3) is 3.79. The number of hydrogen-bond acceptors (Lipinski definition) is 4. The van der Waals surface area contributed by atoms with Crippen molar-refractivity contribution in [1.29, 1.82) is 0 Å². The lowest BCUT2D eigenvalue weighted by Gasteiger charge is -2.26. The Morgan fingerprint density at radius 2 is 2.04 bits per heavy atom. The van der Waals surface area contributed by atoms with E-state index >= 15 is 0 Å². The molecule has 0 radical (unpaired) electrons. The summed E-state index contributed by atoms with van der Waals surface area (Å²) in [7, 11) is 0. The van der Waals surface area contributed by atoms with Crippen LogP contribution in [0, 0.1) is 5.92 Å². The minimum absolute atomic E-state index is 0.0169. The minimum atomic E-state index is -0.757. The molecule has 9 heteroatoms. The molecule has 2 aromatic rings. The molecule has 0 spiro atoms. The normalized spacial score (nSPS) is 21.1. The third-order valence-corrected chi connectivity index (χ3v) is 4.43. The number of aromatic nitrogens is 3. The molecular formula is C14H16BrN5O3. The maximum absolute atomic E-state index is 12.0. The lowest BCUT2D eigenvalue weighted by atomic mass is 9.86. The second kappa shape index (κ2) is 6.53. The molecule has 0 aromatic carbocycles. The first-order chi connectivity index (χ1) is 11.0. The maximum Gasteiger partial charge on any atom is 0.321 e. The number of carbonyl (C=O) groups is 2. The number of carbonyl (C=O) groups excluding carboxylic acids is 1. The number of carboxylic acids is 1. The Kier molecular flexibility index (Phi) is 4.46. The topological polar surface area (TPSA) is 109 Å². The summed E-state index contributed by atoms with van der Waals surface area (Å²) in [5.41, 5.74) is 0.622. The molecule has 1 saturated carbocycles. The van der Waals surface area contributed by atoms with E-state index < -0.39 is 5.97 Å². The number of pyridine rings is 1. The summed E-state index contributed by atoms with van der Waals surface area (Å²) in [4.78, 5) is 27.1. The van der Waals surface area contributed by atoms with Gasteiger partial charge in [-0.15, -0.1) is 5.10 Å². The summed E-state index contributed by atoms with van der Waals surface area (Å²) in [6.45, 7) is 0. The smallest absolute Gasteiger partial charge is 0.321 e. The van der Waals surface area contributed by atoms with E-state index in [-0.39, 0.29) is 23.9 Å². The Labute approximate surface area is 140 Å². The fraction of sp³-hybridized carbons (Fsp3) is 0.429. The molecule has 0 unspecified atom stereocenters. The average Bonchev–Trinajstić information content (AvgIpc) is 2.88. The first-order valence-electron chi connectivity index (χ1n) is 7.33. The number of nitrogens with one attached hydrogen (secondary N) is 2. The van der Waals surface area contributed by atoms with Crippen molar-refractivity contribution in [3.05, 3.63) is 22.8 Å². The molecule has 0 atom stereocenters. The minimum Gasteiger partial charge on any atom is -0.481 e. The summed E-state index contributed by atoms with van der Waals surface area (Å²) in [6.07, 6.45) is 4.23. The standard InChI is InChI=1S/C14H16BrN5O3/c15-9-5-6-20-11(7-9)17-13(19-20)18-14(23)16-10-3-1-8(2-4-10)12(21)22/h5-8,10H,1-4H2,(H,21,22)(H2,16,18,19,23). The van der Waals surface area contributed by atoms with E-state index in [1.54, 1.807) is 16.8 Å². The SMILES string of the molecule is O=C(Nc1nc2cc(Br)ccn2n1)NC1CCC(C(=O)O)CC1. The van der Waals surface area contributed by atoms with E-state index in [1.165, 1.54) is 0 Å². The highest BCUT2D eigenvalue weighted by Gasteiger charge is 2.26. The molecule has 122 valence electrons. The molecule has 0 aliphatic heterocycles. The van der Waals surface area contributed by atoms with Crippen molar-refractivity contribution in [3.63, 3.8) is 0 Å². The van der Waals surface area contributed by atoms with Crippen LogP contribution in [0.4, 0.5) is 10.7 Å². The van der Waals surface area contributed by atoms with Crippen LogP contribution in [0.25, 0.3) is 5.65 Å². The Bertz CT molecular complexity index is 739. The van der Waals surface area contributed by atoms with Crippen LogP contribution in [-0.4, -0.2) is 37.7 Å². The van der Waals surface area contributed by atoms with Gasteiger partial charge in [0, 0.05) is 16.7 Å². The first kappa shape index (κ1) is 15.7. The number of urea groups is 1. The van der Waals surface area contributed by atoms with Crippen molar-refractivity contribution >= 4 is 39.5 Å². The maximum atomic E-state index is 12.0. The van der Waals surface area contributed by atoms with Crippen molar-refractivity contribution in [3.8, 4) is 0 Å². The van der Waals surface area contributed by atoms with E-state index in [4.69, 9.17) is 5.11 Å². The summed E-state index contributed by atoms with van der Waals surface area (Å²) in [5.74, 6) is -0.831. The van der Waals surface area contributed by atoms with Gasteiger partial charge >= 0.3 is 12.0 Å². The molecule has 2 amide bonds. The van der Waals surface area contributed by atoms with Gasteiger partial charge in [0.25, 0.3) is 5.95 Å². The molecular weight excluding hydrogens is 366 g/mol. The van der Waals surface area contributed by atoms with Crippen molar-refractivity contribution in [1.82, 2.24) is 19.9 Å². The number of nitrogens with zero attached hydrogens (tertiary/aromatic N) is 3. The van der Waals surface area contributed by atoms with Crippen molar-refractivity contribution in [2.45, 2.75) is 31.7 Å². The van der Waals surface area contributed by atoms with E-state index in [0.29, 0.717) is 31.3 Å². The molecule has 23 heavy (non-hydrogen) atoms. The predicted octanol–water partition coefficient (Wildman–Crippen LogP) is 2.26. The van der Waals surface area contributed by atoms with Gasteiger partial charge in [-0.1, -0.05) is 15.9 Å². The van der Waals surface area contributed by atoms with Gasteiger partial charge < -0.3 is 10.4 Å². The van der Waals surface area contributed by atoms with Crippen LogP contribution in [0.2, 0.25) is 0 Å². The van der Waals surface area contributed by atoms with E-state index in [0.717, 1.165) is 4.47 Å². The molecule has 3 rings (SSSR count). The molecule has 0 bridgehead atoms. The summed E-state index contributed by atoms with van der Waals surface area (Å²) in [6, 6.07) is 3.23. The van der Waals surface area contributed by atoms with E-state index in [2.05, 4.69) is 36.6 Å². The number of rotatable bonds is 3. The zero-order valence-corrected chi connectivity index (χ0v) is 13.8. The quantitative estimate of drug-likeness (QED) is 0.755. The Hall–Kier alpha value is -2.16. The number of carboxylic acid groups (broad SMARTS) is 1. The first-order valence-corrected chi connectivity index (χ1v) is 8.13. The molecule has 1 fully saturated rings. The summed E-state index contributed by atoms with van der Waals surface area (Å²) < 4.78 is 2.45. The second-order valence-electron chi connectivity index (χ2n) is 5.57. The van der Waals surface area contributed by atoms with Crippen LogP contribution in [-0.2, 0) is 4.79 Å². The van der Waals surface area contributed by atoms with Crippen LogP contribution >= 0.6 is 15.9 Å². The van der Waals surface area contributed by atoms with Gasteiger partial charge in [0.15, 0.2) is 5.65 Å². The highest BCUT2D eigenvalue weighted by molar-refractivity contribution is 9.10. The molecule has 1 aliphatic rings. The van der Waals surface area contributed by atoms with Crippen LogP contribution in [0.5, 0.6) is 0 Å². The molecule has 1 aliphatic carbocycles. The number of anilines is 1. The van der Waals surface area contributed by atoms with Gasteiger partial charge in [-0.25, -0.2) is 9.31 Å². The highest BCUT2D eigenvalue weighted by atomic mass is 79.9. The van der Waals surface area contributed by atoms with Crippen LogP contribution in [0.1, 0.15) is 25.7 Å². The van der Waals surface area contributed by atoms with Crippen LogP contribution in [0.3, 0.4) is 0 Å². The van der Waals surface area contributed by atoms with Crippen molar-refractivity contribution in [2.75, 3.05) is 5.32 Å². The van der Waals surface area contributed by atoms with Crippen molar-refractivity contribution < 1.29 is 14.7 Å². The van der Waals surface area contributed by atoms with Crippen molar-refractivity contribution in [2.24, 2.45) is 5.92 Å². The monoisotopic (exact) mass is 381 g/mol. The lowest BCUT2D eigenvalue weighted by molar-refractivity contribution is -0.142. The van der Waals surface area contributed by atoms with Gasteiger partial charge in [-0.3, -0.25) is 10.1 Å². The Morgan fingerprint density at radius 3 is 2.74 bits per heavy atom. The predicted molar refractivity (Wildman–Crippen MR) is 86.2 cm³/mol. The van der Waals surface area contributed by atoms with Gasteiger partial charge in [-0.05, 0) is 37.8 Å². The fourth-order valence-corrected chi connectivity index (χ4v) is 3.04. The number of halogens is 1. The molecule has 8 nitrogen and oxygen atoms in total. The summed E-state index contributed by atoms with van der Waals surface area (Å²) in [5, 5.41) is 18.6. The van der Waals surface area contributed by atoms with Gasteiger partial charge in [0.05, 0.1) is 5.92 Å². The molecule has 0 saturated heterocycles. The second-order valence-corrected chi connectivity index (χ2v) is 6.48. The zero-order chi connectivity index (χ0) is 16.4. The fourth-order valence-electron chi connectivity index (χ4n) is 2.72. The van der Waals surface area contributed by atoms with Crippen LogP contribution < -0.4 is 10.6 Å². The lowest BCUT2D eigenvalue weighted by Crippen LogP contribution is -2.41. The molecule has 2 heterocycles. The Morgan fingerprint density at radius 1 is 1.30 bits per heavy atom. The largest absolute Gasteiger partial charge is 0.481 e. The number of fused-ring (bicyclic) bond motifs is 1. The van der Waals surface area contributed by atoms with Gasteiger partial charge in [-0.2, -0.15) is 4.98 Å². The number of amides is 2. The number of hydrogen-bond donors (Lipinski definition) is 3.